The molecule has 1 N–H and O–H groups in total. The largest absolute Gasteiger partial charge is 0.368 e. The van der Waals surface area contributed by atoms with Crippen LogP contribution in [-0.4, -0.2) is 24.2 Å². The molecule has 2 fully saturated rings. The lowest BCUT2D eigenvalue weighted by Gasteiger charge is -2.50. The second-order valence-corrected chi connectivity index (χ2v) is 6.95. The Morgan fingerprint density at radius 3 is 2.40 bits per heavy atom. The molecule has 0 amide bonds. The molecule has 1 saturated heterocycles. The zero-order valence-electron chi connectivity index (χ0n) is 12.2. The van der Waals surface area contributed by atoms with Gasteiger partial charge in [0.15, 0.2) is 11.6 Å². The van der Waals surface area contributed by atoms with Crippen LogP contribution < -0.4 is 10.2 Å². The highest BCUT2D eigenvalue weighted by Crippen LogP contribution is 2.37. The predicted octanol–water partition coefficient (Wildman–Crippen LogP) is 3.47. The Balaban J connectivity index is 1.90. The molecule has 20 heavy (non-hydrogen) atoms. The second kappa shape index (κ2) is 4.69. The van der Waals surface area contributed by atoms with Crippen LogP contribution >= 0.6 is 0 Å². The van der Waals surface area contributed by atoms with E-state index >= 15 is 0 Å². The summed E-state index contributed by atoms with van der Waals surface area (Å²) in [5, 5.41) is 3.78. The lowest BCUT2D eigenvalue weighted by Crippen LogP contribution is -2.68. The van der Waals surface area contributed by atoms with Gasteiger partial charge >= 0.3 is 0 Å². The molecular formula is C16H22F2N2. The molecule has 3 rings (SSSR count). The molecule has 1 aromatic carbocycles. The predicted molar refractivity (Wildman–Crippen MR) is 77.0 cm³/mol. The van der Waals surface area contributed by atoms with Crippen LogP contribution in [0.25, 0.3) is 0 Å². The van der Waals surface area contributed by atoms with Crippen molar-refractivity contribution in [2.75, 3.05) is 18.0 Å². The molecule has 1 saturated carbocycles. The van der Waals surface area contributed by atoms with Crippen LogP contribution in [-0.2, 0) is 0 Å². The Hall–Kier alpha value is -1.16. The van der Waals surface area contributed by atoms with Gasteiger partial charge < -0.3 is 10.2 Å². The molecule has 0 radical (unpaired) electrons. The molecule has 1 heterocycles. The minimum absolute atomic E-state index is 0.0204. The lowest BCUT2D eigenvalue weighted by molar-refractivity contribution is 0.197. The van der Waals surface area contributed by atoms with Crippen LogP contribution in [0.1, 0.15) is 39.5 Å². The fraction of sp³-hybridized carbons (Fsp3) is 0.625. The second-order valence-electron chi connectivity index (χ2n) is 6.95. The topological polar surface area (TPSA) is 15.3 Å². The van der Waals surface area contributed by atoms with Gasteiger partial charge in [-0.15, -0.1) is 0 Å². The summed E-state index contributed by atoms with van der Waals surface area (Å²) in [4.78, 5) is 2.20. The van der Waals surface area contributed by atoms with Gasteiger partial charge in [-0.05, 0) is 38.8 Å². The Morgan fingerprint density at radius 1 is 1.05 bits per heavy atom. The van der Waals surface area contributed by atoms with Crippen LogP contribution in [0.5, 0.6) is 0 Å². The van der Waals surface area contributed by atoms with Crippen molar-refractivity contribution in [3.63, 3.8) is 0 Å². The Morgan fingerprint density at radius 2 is 1.75 bits per heavy atom. The summed E-state index contributed by atoms with van der Waals surface area (Å²) in [7, 11) is 0. The average molecular weight is 280 g/mol. The minimum atomic E-state index is -0.779. The van der Waals surface area contributed by atoms with Gasteiger partial charge in [0.05, 0.1) is 0 Å². The maximum atomic E-state index is 13.5. The number of nitrogens with zero attached hydrogens (tertiary/aromatic N) is 1. The number of halogens is 2. The number of rotatable bonds is 1. The van der Waals surface area contributed by atoms with Gasteiger partial charge in [-0.2, -0.15) is 0 Å². The zero-order valence-corrected chi connectivity index (χ0v) is 12.2. The molecule has 2 aliphatic rings. The van der Waals surface area contributed by atoms with E-state index in [0.29, 0.717) is 0 Å². The van der Waals surface area contributed by atoms with E-state index in [9.17, 15) is 8.78 Å². The highest BCUT2D eigenvalue weighted by Gasteiger charge is 2.44. The zero-order chi connectivity index (χ0) is 14.4. The Labute approximate surface area is 119 Å². The van der Waals surface area contributed by atoms with E-state index in [1.165, 1.54) is 25.0 Å². The molecule has 0 aromatic heterocycles. The Bertz CT molecular complexity index is 507. The number of hydrogen-bond donors (Lipinski definition) is 1. The van der Waals surface area contributed by atoms with Gasteiger partial charge in [0.2, 0.25) is 0 Å². The average Bonchev–Trinajstić information content (AvgIpc) is 2.78. The van der Waals surface area contributed by atoms with Gasteiger partial charge in [0.1, 0.15) is 0 Å². The molecule has 1 aromatic rings. The number of benzene rings is 1. The minimum Gasteiger partial charge on any atom is -0.368 e. The number of anilines is 1. The molecule has 0 atom stereocenters. The third kappa shape index (κ3) is 2.53. The van der Waals surface area contributed by atoms with Crippen molar-refractivity contribution in [3.8, 4) is 0 Å². The summed E-state index contributed by atoms with van der Waals surface area (Å²) in [5.74, 6) is -1.54. The summed E-state index contributed by atoms with van der Waals surface area (Å²) in [5.41, 5.74) is 0.893. The van der Waals surface area contributed by atoms with E-state index in [4.69, 9.17) is 0 Å². The van der Waals surface area contributed by atoms with Crippen molar-refractivity contribution in [1.29, 1.82) is 0 Å². The van der Waals surface area contributed by atoms with Gasteiger partial charge in [-0.3, -0.25) is 0 Å². The molecular weight excluding hydrogens is 258 g/mol. The molecule has 1 spiro atoms. The normalized spacial score (nSPS) is 24.3. The number of piperazine rings is 1. The first-order valence-corrected chi connectivity index (χ1v) is 7.39. The summed E-state index contributed by atoms with van der Waals surface area (Å²) in [6.45, 7) is 6.04. The maximum Gasteiger partial charge on any atom is 0.160 e. The first kappa shape index (κ1) is 13.8. The highest BCUT2D eigenvalue weighted by molar-refractivity contribution is 5.49. The first-order chi connectivity index (χ1) is 9.39. The van der Waals surface area contributed by atoms with Crippen LogP contribution in [0.3, 0.4) is 0 Å². The molecule has 110 valence electrons. The van der Waals surface area contributed by atoms with E-state index in [2.05, 4.69) is 24.1 Å². The van der Waals surface area contributed by atoms with Crippen molar-refractivity contribution >= 4 is 5.69 Å². The smallest absolute Gasteiger partial charge is 0.160 e. The van der Waals surface area contributed by atoms with Crippen LogP contribution in [0.15, 0.2) is 18.2 Å². The Kier molecular flexibility index (Phi) is 3.24. The SMILES string of the molecule is CC1(C)CN(c2ccc(F)c(F)c2)CC2(CCCC2)N1. The van der Waals surface area contributed by atoms with E-state index in [0.717, 1.165) is 31.6 Å². The fourth-order valence-electron chi connectivity index (χ4n) is 3.89. The van der Waals surface area contributed by atoms with Crippen LogP contribution in [0.2, 0.25) is 0 Å². The number of nitrogens with one attached hydrogen (secondary N) is 1. The third-order valence-electron chi connectivity index (χ3n) is 4.51. The van der Waals surface area contributed by atoms with E-state index in [-0.39, 0.29) is 11.1 Å². The third-order valence-corrected chi connectivity index (χ3v) is 4.51. The summed E-state index contributed by atoms with van der Waals surface area (Å²) < 4.78 is 26.6. The van der Waals surface area contributed by atoms with Crippen molar-refractivity contribution < 1.29 is 8.78 Å². The monoisotopic (exact) mass is 280 g/mol. The fourth-order valence-corrected chi connectivity index (χ4v) is 3.89. The van der Waals surface area contributed by atoms with Gasteiger partial charge in [-0.25, -0.2) is 8.78 Å². The molecule has 1 aliphatic heterocycles. The van der Waals surface area contributed by atoms with Crippen molar-refractivity contribution in [2.45, 2.75) is 50.6 Å². The molecule has 0 bridgehead atoms. The van der Waals surface area contributed by atoms with Crippen molar-refractivity contribution in [2.24, 2.45) is 0 Å². The lowest BCUT2D eigenvalue weighted by atomic mass is 9.87. The van der Waals surface area contributed by atoms with Crippen molar-refractivity contribution in [3.05, 3.63) is 29.8 Å². The van der Waals surface area contributed by atoms with Gasteiger partial charge in [0, 0.05) is 35.9 Å². The highest BCUT2D eigenvalue weighted by atomic mass is 19.2. The molecule has 0 unspecified atom stereocenters. The van der Waals surface area contributed by atoms with E-state index in [1.54, 1.807) is 6.07 Å². The van der Waals surface area contributed by atoms with E-state index < -0.39 is 11.6 Å². The maximum absolute atomic E-state index is 13.5. The van der Waals surface area contributed by atoms with Gasteiger partial charge in [-0.1, -0.05) is 12.8 Å². The summed E-state index contributed by atoms with van der Waals surface area (Å²) in [6, 6.07) is 4.23. The summed E-state index contributed by atoms with van der Waals surface area (Å²) in [6.07, 6.45) is 4.82. The van der Waals surface area contributed by atoms with Crippen molar-refractivity contribution in [1.82, 2.24) is 5.32 Å². The molecule has 2 nitrogen and oxygen atoms in total. The molecule has 1 aliphatic carbocycles. The van der Waals surface area contributed by atoms with Gasteiger partial charge in [0.25, 0.3) is 0 Å². The molecule has 4 heteroatoms. The number of hydrogen-bond acceptors (Lipinski definition) is 2. The van der Waals surface area contributed by atoms with E-state index in [1.807, 2.05) is 0 Å². The van der Waals surface area contributed by atoms with Crippen LogP contribution in [0.4, 0.5) is 14.5 Å². The van der Waals surface area contributed by atoms with Crippen LogP contribution in [0, 0.1) is 11.6 Å². The first-order valence-electron chi connectivity index (χ1n) is 7.39. The summed E-state index contributed by atoms with van der Waals surface area (Å²) >= 11 is 0. The standard InChI is InChI=1S/C16H22F2N2/c1-15(2)10-20(11-16(19-15)7-3-4-8-16)12-5-6-13(17)14(18)9-12/h5-6,9,19H,3-4,7-8,10-11H2,1-2H3. The quantitative estimate of drug-likeness (QED) is 0.847.